The van der Waals surface area contributed by atoms with Gasteiger partial charge >= 0.3 is 0 Å². The Bertz CT molecular complexity index is 376. The maximum absolute atomic E-state index is 13.8. The van der Waals surface area contributed by atoms with Crippen LogP contribution in [0.1, 0.15) is 29.7 Å². The number of benzene rings is 1. The Hall–Kier alpha value is -1.09. The number of aryl methyl sites for hydroxylation is 1. The van der Waals surface area contributed by atoms with E-state index < -0.39 is 0 Å². The van der Waals surface area contributed by atoms with E-state index >= 15 is 0 Å². The van der Waals surface area contributed by atoms with E-state index in [1.165, 1.54) is 7.11 Å². The standard InChI is InChI=1S/C11H14FNO/c1-6-4-9(14-3)11(12)8-5-13-7(2)10(6)8/h4,7,13H,5H2,1-3H3. The average molecular weight is 195 g/mol. The molecule has 1 aromatic rings. The average Bonchev–Trinajstić information content (AvgIpc) is 2.54. The molecule has 1 unspecified atom stereocenters. The van der Waals surface area contributed by atoms with Crippen LogP contribution in [0.5, 0.6) is 5.75 Å². The Morgan fingerprint density at radius 3 is 2.93 bits per heavy atom. The predicted molar refractivity (Wildman–Crippen MR) is 52.9 cm³/mol. The van der Waals surface area contributed by atoms with Gasteiger partial charge in [-0.1, -0.05) is 0 Å². The van der Waals surface area contributed by atoms with E-state index in [9.17, 15) is 4.39 Å². The van der Waals surface area contributed by atoms with Crippen LogP contribution in [0, 0.1) is 12.7 Å². The minimum atomic E-state index is -0.218. The molecule has 0 amide bonds. The van der Waals surface area contributed by atoms with Crippen molar-refractivity contribution in [1.29, 1.82) is 0 Å². The van der Waals surface area contributed by atoms with Crippen molar-refractivity contribution >= 4 is 0 Å². The summed E-state index contributed by atoms with van der Waals surface area (Å²) < 4.78 is 18.7. The molecule has 0 fully saturated rings. The molecule has 76 valence electrons. The second kappa shape index (κ2) is 3.24. The molecule has 1 aliphatic rings. The summed E-state index contributed by atoms with van der Waals surface area (Å²) in [6.07, 6.45) is 0. The Labute approximate surface area is 83.1 Å². The van der Waals surface area contributed by atoms with Crippen molar-refractivity contribution in [2.75, 3.05) is 7.11 Å². The minimum Gasteiger partial charge on any atom is -0.494 e. The van der Waals surface area contributed by atoms with E-state index in [0.29, 0.717) is 12.3 Å². The number of methoxy groups -OCH3 is 1. The number of rotatable bonds is 1. The third-order valence-electron chi connectivity index (χ3n) is 2.82. The van der Waals surface area contributed by atoms with Crippen molar-refractivity contribution in [3.63, 3.8) is 0 Å². The molecule has 1 atom stereocenters. The van der Waals surface area contributed by atoms with Crippen molar-refractivity contribution in [3.05, 3.63) is 28.6 Å². The van der Waals surface area contributed by atoms with Crippen LogP contribution in [0.2, 0.25) is 0 Å². The van der Waals surface area contributed by atoms with Crippen LogP contribution in [0.3, 0.4) is 0 Å². The normalized spacial score (nSPS) is 19.6. The van der Waals surface area contributed by atoms with Crippen molar-refractivity contribution in [1.82, 2.24) is 5.32 Å². The molecule has 14 heavy (non-hydrogen) atoms. The van der Waals surface area contributed by atoms with E-state index in [4.69, 9.17) is 4.74 Å². The fourth-order valence-electron chi connectivity index (χ4n) is 2.12. The summed E-state index contributed by atoms with van der Waals surface area (Å²) in [7, 11) is 1.50. The molecule has 0 saturated heterocycles. The predicted octanol–water partition coefficient (Wildman–Crippen LogP) is 2.31. The zero-order valence-corrected chi connectivity index (χ0v) is 8.65. The molecule has 2 rings (SSSR count). The van der Waals surface area contributed by atoms with Crippen LogP contribution < -0.4 is 10.1 Å². The van der Waals surface area contributed by atoms with E-state index in [2.05, 4.69) is 5.32 Å². The van der Waals surface area contributed by atoms with Crippen molar-refractivity contribution in [3.8, 4) is 5.75 Å². The van der Waals surface area contributed by atoms with E-state index in [1.54, 1.807) is 6.07 Å². The van der Waals surface area contributed by atoms with Gasteiger partial charge < -0.3 is 10.1 Å². The molecule has 3 heteroatoms. The van der Waals surface area contributed by atoms with E-state index in [-0.39, 0.29) is 11.9 Å². The number of hydrogen-bond donors (Lipinski definition) is 1. The molecular weight excluding hydrogens is 181 g/mol. The lowest BCUT2D eigenvalue weighted by Gasteiger charge is -2.11. The quantitative estimate of drug-likeness (QED) is 0.742. The first-order chi connectivity index (χ1) is 6.65. The molecule has 1 N–H and O–H groups in total. The first-order valence-electron chi connectivity index (χ1n) is 4.74. The number of nitrogens with one attached hydrogen (secondary N) is 1. The third-order valence-corrected chi connectivity index (χ3v) is 2.82. The summed E-state index contributed by atoms with van der Waals surface area (Å²) in [5, 5.41) is 3.22. The highest BCUT2D eigenvalue weighted by atomic mass is 19.1. The monoisotopic (exact) mass is 195 g/mol. The lowest BCUT2D eigenvalue weighted by molar-refractivity contribution is 0.384. The molecule has 1 heterocycles. The molecule has 0 spiro atoms. The highest BCUT2D eigenvalue weighted by Gasteiger charge is 2.25. The lowest BCUT2D eigenvalue weighted by atomic mass is 9.99. The van der Waals surface area contributed by atoms with Crippen LogP contribution in [-0.4, -0.2) is 7.11 Å². The summed E-state index contributed by atoms with van der Waals surface area (Å²) in [5.41, 5.74) is 2.94. The van der Waals surface area contributed by atoms with Crippen molar-refractivity contribution in [2.45, 2.75) is 26.4 Å². The fourth-order valence-corrected chi connectivity index (χ4v) is 2.12. The molecule has 0 aliphatic carbocycles. The molecule has 0 aromatic heterocycles. The molecule has 0 bridgehead atoms. The smallest absolute Gasteiger partial charge is 0.169 e. The van der Waals surface area contributed by atoms with Crippen LogP contribution >= 0.6 is 0 Å². The molecule has 0 radical (unpaired) electrons. The van der Waals surface area contributed by atoms with Gasteiger partial charge in [-0.05, 0) is 31.0 Å². The summed E-state index contributed by atoms with van der Waals surface area (Å²) in [6.45, 7) is 4.63. The summed E-state index contributed by atoms with van der Waals surface area (Å²) in [4.78, 5) is 0. The zero-order valence-electron chi connectivity index (χ0n) is 8.65. The van der Waals surface area contributed by atoms with Gasteiger partial charge in [-0.25, -0.2) is 4.39 Å². The fraction of sp³-hybridized carbons (Fsp3) is 0.455. The number of ether oxygens (including phenoxy) is 1. The SMILES string of the molecule is COc1cc(C)c2c(c1F)CNC2C. The zero-order chi connectivity index (χ0) is 10.3. The Balaban J connectivity index is 2.64. The van der Waals surface area contributed by atoms with Crippen LogP contribution in [0.15, 0.2) is 6.07 Å². The maximum Gasteiger partial charge on any atom is 0.169 e. The van der Waals surface area contributed by atoms with Gasteiger partial charge in [0, 0.05) is 18.2 Å². The Morgan fingerprint density at radius 1 is 1.57 bits per heavy atom. The number of halogens is 1. The molecule has 0 saturated carbocycles. The van der Waals surface area contributed by atoms with Gasteiger partial charge in [-0.3, -0.25) is 0 Å². The minimum absolute atomic E-state index is 0.218. The maximum atomic E-state index is 13.8. The first kappa shape index (κ1) is 9.46. The van der Waals surface area contributed by atoms with Gasteiger partial charge in [0.2, 0.25) is 0 Å². The molecule has 2 nitrogen and oxygen atoms in total. The highest BCUT2D eigenvalue weighted by molar-refractivity contribution is 5.46. The van der Waals surface area contributed by atoms with Crippen molar-refractivity contribution in [2.24, 2.45) is 0 Å². The molecule has 1 aliphatic heterocycles. The van der Waals surface area contributed by atoms with Gasteiger partial charge in [-0.2, -0.15) is 0 Å². The highest BCUT2D eigenvalue weighted by Crippen LogP contribution is 2.34. The first-order valence-corrected chi connectivity index (χ1v) is 4.74. The third kappa shape index (κ3) is 1.20. The summed E-state index contributed by atoms with van der Waals surface area (Å²) in [6, 6.07) is 2.00. The topological polar surface area (TPSA) is 21.3 Å². The van der Waals surface area contributed by atoms with E-state index in [0.717, 1.165) is 16.7 Å². The van der Waals surface area contributed by atoms with Crippen molar-refractivity contribution < 1.29 is 9.13 Å². The largest absolute Gasteiger partial charge is 0.494 e. The molecule has 1 aromatic carbocycles. The lowest BCUT2D eigenvalue weighted by Crippen LogP contribution is -2.07. The second-order valence-corrected chi connectivity index (χ2v) is 3.70. The number of fused-ring (bicyclic) bond motifs is 1. The van der Waals surface area contributed by atoms with Gasteiger partial charge in [0.15, 0.2) is 11.6 Å². The van der Waals surface area contributed by atoms with Gasteiger partial charge in [-0.15, -0.1) is 0 Å². The molecular formula is C11H14FNO. The van der Waals surface area contributed by atoms with Gasteiger partial charge in [0.05, 0.1) is 7.11 Å². The number of hydrogen-bond acceptors (Lipinski definition) is 2. The Kier molecular flexibility index (Phi) is 2.19. The summed E-state index contributed by atoms with van der Waals surface area (Å²) in [5.74, 6) is 0.127. The second-order valence-electron chi connectivity index (χ2n) is 3.70. The van der Waals surface area contributed by atoms with Crippen LogP contribution in [-0.2, 0) is 6.54 Å². The van der Waals surface area contributed by atoms with E-state index in [1.807, 2.05) is 13.8 Å². The van der Waals surface area contributed by atoms with Gasteiger partial charge in [0.25, 0.3) is 0 Å². The van der Waals surface area contributed by atoms with Crippen LogP contribution in [0.25, 0.3) is 0 Å². The summed E-state index contributed by atoms with van der Waals surface area (Å²) >= 11 is 0. The van der Waals surface area contributed by atoms with Crippen LogP contribution in [0.4, 0.5) is 4.39 Å². The Morgan fingerprint density at radius 2 is 2.29 bits per heavy atom. The van der Waals surface area contributed by atoms with Gasteiger partial charge in [0.1, 0.15) is 0 Å².